The predicted molar refractivity (Wildman–Crippen MR) is 110 cm³/mol. The number of sulfone groups is 1. The Balaban J connectivity index is 1.94. The van der Waals surface area contributed by atoms with Crippen LogP contribution in [0.25, 0.3) is 0 Å². The number of nitrogens with one attached hydrogen (secondary N) is 1. The van der Waals surface area contributed by atoms with Gasteiger partial charge in [0.15, 0.2) is 9.84 Å². The van der Waals surface area contributed by atoms with Gasteiger partial charge in [0.25, 0.3) is 0 Å². The maximum Gasteiger partial charge on any atom is 0.238 e. The highest BCUT2D eigenvalue weighted by atomic mass is 35.5. The minimum atomic E-state index is -3.60. The van der Waals surface area contributed by atoms with E-state index in [4.69, 9.17) is 23.2 Å². The quantitative estimate of drug-likeness (QED) is 0.691. The topological polar surface area (TPSA) is 66.5 Å². The number of halogens is 2. The maximum absolute atomic E-state index is 12.5. The largest absolute Gasteiger partial charge is 0.325 e. The van der Waals surface area contributed by atoms with Crippen LogP contribution in [0, 0.1) is 0 Å². The molecule has 5 nitrogen and oxygen atoms in total. The van der Waals surface area contributed by atoms with E-state index in [2.05, 4.69) is 5.32 Å². The van der Waals surface area contributed by atoms with E-state index in [-0.39, 0.29) is 34.7 Å². The van der Waals surface area contributed by atoms with Gasteiger partial charge in [-0.2, -0.15) is 0 Å². The van der Waals surface area contributed by atoms with Crippen LogP contribution >= 0.6 is 23.2 Å². The summed E-state index contributed by atoms with van der Waals surface area (Å²) >= 11 is 11.9. The zero-order valence-electron chi connectivity index (χ0n) is 15.2. The zero-order chi connectivity index (χ0) is 20.0. The Labute approximate surface area is 170 Å². The van der Waals surface area contributed by atoms with Crippen molar-refractivity contribution in [2.24, 2.45) is 0 Å². The first kappa shape index (κ1) is 21.7. The number of hydrogen-bond acceptors (Lipinski definition) is 4. The molecule has 0 aliphatic carbocycles. The third-order valence-corrected chi connectivity index (χ3v) is 6.46. The zero-order valence-corrected chi connectivity index (χ0v) is 17.5. The van der Waals surface area contributed by atoms with Gasteiger partial charge in [-0.25, -0.2) is 8.42 Å². The Kier molecular flexibility index (Phi) is 7.68. The van der Waals surface area contributed by atoms with Crippen molar-refractivity contribution in [3.8, 4) is 0 Å². The number of para-hydroxylation sites is 1. The molecule has 1 N–H and O–H groups in total. The van der Waals surface area contributed by atoms with Gasteiger partial charge in [-0.1, -0.05) is 48.3 Å². The molecule has 8 heteroatoms. The molecule has 0 unspecified atom stereocenters. The van der Waals surface area contributed by atoms with E-state index in [1.165, 1.54) is 18.2 Å². The normalized spacial score (nSPS) is 11.6. The van der Waals surface area contributed by atoms with E-state index in [0.29, 0.717) is 5.02 Å². The summed E-state index contributed by atoms with van der Waals surface area (Å²) in [7, 11) is -1.91. The molecule has 0 fully saturated rings. The lowest BCUT2D eigenvalue weighted by molar-refractivity contribution is -0.117. The Morgan fingerprint density at radius 3 is 2.56 bits per heavy atom. The van der Waals surface area contributed by atoms with Gasteiger partial charge >= 0.3 is 0 Å². The summed E-state index contributed by atoms with van der Waals surface area (Å²) < 4.78 is 25.0. The fraction of sp³-hybridized carbons (Fsp3) is 0.316. The summed E-state index contributed by atoms with van der Waals surface area (Å²) in [5.74, 6) is -0.362. The van der Waals surface area contributed by atoms with Gasteiger partial charge in [-0.15, -0.1) is 0 Å². The molecule has 146 valence electrons. The molecular weight excluding hydrogens is 407 g/mol. The molecule has 0 bridgehead atoms. The number of nitrogens with zero attached hydrogens (tertiary/aromatic N) is 1. The van der Waals surface area contributed by atoms with Crippen LogP contribution in [0.2, 0.25) is 10.0 Å². The second-order valence-electron chi connectivity index (χ2n) is 6.19. The third-order valence-electron chi connectivity index (χ3n) is 4.06. The average molecular weight is 429 g/mol. The van der Waals surface area contributed by atoms with Crippen LogP contribution in [0.1, 0.15) is 12.5 Å². The van der Waals surface area contributed by atoms with E-state index in [0.717, 1.165) is 17.7 Å². The number of aryl methyl sites for hydroxylation is 1. The summed E-state index contributed by atoms with van der Waals surface area (Å²) in [5.41, 5.74) is 1.82. The monoisotopic (exact) mass is 428 g/mol. The number of anilines is 1. The maximum atomic E-state index is 12.5. The number of hydrogen-bond donors (Lipinski definition) is 1. The van der Waals surface area contributed by atoms with Gasteiger partial charge in [0, 0.05) is 17.3 Å². The van der Waals surface area contributed by atoms with Crippen LogP contribution in [0.3, 0.4) is 0 Å². The van der Waals surface area contributed by atoms with Gasteiger partial charge in [0.2, 0.25) is 5.91 Å². The van der Waals surface area contributed by atoms with Gasteiger partial charge in [-0.3, -0.25) is 9.69 Å². The molecule has 0 heterocycles. The highest BCUT2D eigenvalue weighted by molar-refractivity contribution is 7.91. The van der Waals surface area contributed by atoms with E-state index >= 15 is 0 Å². The van der Waals surface area contributed by atoms with Crippen LogP contribution in [-0.4, -0.2) is 45.1 Å². The molecule has 1 amide bonds. The molecule has 2 rings (SSSR count). The smallest absolute Gasteiger partial charge is 0.238 e. The standard InChI is InChI=1S/C19H22Cl2N2O3S/c1-3-14-6-4-5-7-17(14)22-19(24)13-23(2)10-11-27(25,26)18-12-15(20)8-9-16(18)21/h4-9,12H,3,10-11,13H2,1-2H3,(H,22,24). The Bertz CT molecular complexity index is 917. The Morgan fingerprint density at radius 2 is 1.85 bits per heavy atom. The van der Waals surface area contributed by atoms with Crippen LogP contribution in [-0.2, 0) is 21.1 Å². The SMILES string of the molecule is CCc1ccccc1NC(=O)CN(C)CCS(=O)(=O)c1cc(Cl)ccc1Cl. The fourth-order valence-electron chi connectivity index (χ4n) is 2.57. The highest BCUT2D eigenvalue weighted by Crippen LogP contribution is 2.26. The second kappa shape index (κ2) is 9.55. The third kappa shape index (κ3) is 6.21. The molecule has 2 aromatic rings. The Hall–Kier alpha value is -1.60. The fourth-order valence-corrected chi connectivity index (χ4v) is 4.72. The van der Waals surface area contributed by atoms with E-state index in [1.54, 1.807) is 11.9 Å². The number of amides is 1. The highest BCUT2D eigenvalue weighted by Gasteiger charge is 2.20. The van der Waals surface area contributed by atoms with E-state index in [1.807, 2.05) is 31.2 Å². The average Bonchev–Trinajstić information content (AvgIpc) is 2.62. The summed E-state index contributed by atoms with van der Waals surface area (Å²) in [4.78, 5) is 13.9. The number of carbonyl (C=O) groups is 1. The van der Waals surface area contributed by atoms with Gasteiger partial charge in [-0.05, 0) is 43.3 Å². The van der Waals surface area contributed by atoms with Gasteiger partial charge < -0.3 is 5.32 Å². The summed E-state index contributed by atoms with van der Waals surface area (Å²) in [5, 5.41) is 3.31. The molecule has 2 aromatic carbocycles. The molecule has 0 radical (unpaired) electrons. The molecule has 0 spiro atoms. The number of rotatable bonds is 8. The van der Waals surface area contributed by atoms with Crippen LogP contribution < -0.4 is 5.32 Å². The van der Waals surface area contributed by atoms with Crippen molar-refractivity contribution >= 4 is 44.6 Å². The van der Waals surface area contributed by atoms with E-state index < -0.39 is 9.84 Å². The lowest BCUT2D eigenvalue weighted by atomic mass is 10.1. The first-order chi connectivity index (χ1) is 12.7. The van der Waals surface area contributed by atoms with Crippen LogP contribution in [0.4, 0.5) is 5.69 Å². The summed E-state index contributed by atoms with van der Waals surface area (Å²) in [6, 6.07) is 11.9. The molecule has 0 saturated heterocycles. The molecule has 0 aliphatic heterocycles. The molecule has 0 atom stereocenters. The lowest BCUT2D eigenvalue weighted by Gasteiger charge is -2.17. The summed E-state index contributed by atoms with van der Waals surface area (Å²) in [6.07, 6.45) is 0.810. The first-order valence-electron chi connectivity index (χ1n) is 8.47. The number of benzene rings is 2. The lowest BCUT2D eigenvalue weighted by Crippen LogP contribution is -2.33. The van der Waals surface area contributed by atoms with Crippen molar-refractivity contribution in [1.29, 1.82) is 0 Å². The van der Waals surface area contributed by atoms with Crippen molar-refractivity contribution in [1.82, 2.24) is 4.90 Å². The molecular formula is C19H22Cl2N2O3S. The van der Waals surface area contributed by atoms with Crippen molar-refractivity contribution in [3.05, 3.63) is 58.1 Å². The van der Waals surface area contributed by atoms with Gasteiger partial charge in [0.1, 0.15) is 0 Å². The molecule has 0 aliphatic rings. The van der Waals surface area contributed by atoms with Crippen molar-refractivity contribution in [2.45, 2.75) is 18.2 Å². The summed E-state index contributed by atoms with van der Waals surface area (Å²) in [6.45, 7) is 2.29. The Morgan fingerprint density at radius 1 is 1.15 bits per heavy atom. The van der Waals surface area contributed by atoms with Crippen molar-refractivity contribution in [2.75, 3.05) is 31.2 Å². The van der Waals surface area contributed by atoms with Gasteiger partial charge in [0.05, 0.1) is 22.2 Å². The van der Waals surface area contributed by atoms with Crippen molar-refractivity contribution in [3.63, 3.8) is 0 Å². The van der Waals surface area contributed by atoms with E-state index in [9.17, 15) is 13.2 Å². The minimum Gasteiger partial charge on any atom is -0.325 e. The molecule has 0 saturated carbocycles. The second-order valence-corrected chi connectivity index (χ2v) is 9.11. The number of carbonyl (C=O) groups excluding carboxylic acids is 1. The molecule has 27 heavy (non-hydrogen) atoms. The first-order valence-corrected chi connectivity index (χ1v) is 10.9. The van der Waals surface area contributed by atoms with Crippen molar-refractivity contribution < 1.29 is 13.2 Å². The number of likely N-dealkylation sites (N-methyl/N-ethyl adjacent to an activating group) is 1. The van der Waals surface area contributed by atoms with Crippen LogP contribution in [0.5, 0.6) is 0 Å². The molecule has 0 aromatic heterocycles. The minimum absolute atomic E-state index is 0.00592. The predicted octanol–water partition coefficient (Wildman–Crippen LogP) is 3.90. The van der Waals surface area contributed by atoms with Crippen LogP contribution in [0.15, 0.2) is 47.4 Å².